The van der Waals surface area contributed by atoms with Crippen LogP contribution in [0.15, 0.2) is 30.4 Å². The second-order valence-corrected chi connectivity index (χ2v) is 7.87. The number of fused-ring (bicyclic) bond motifs is 2. The van der Waals surface area contributed by atoms with Gasteiger partial charge in [0.05, 0.1) is 11.8 Å². The van der Waals surface area contributed by atoms with Gasteiger partial charge in [0.2, 0.25) is 5.91 Å². The number of aliphatic carboxylic acids is 1. The average molecular weight is 354 g/mol. The third-order valence-electron chi connectivity index (χ3n) is 6.54. The lowest BCUT2D eigenvalue weighted by atomic mass is 9.82. The first-order valence-corrected chi connectivity index (χ1v) is 9.48. The lowest BCUT2D eigenvalue weighted by Crippen LogP contribution is -2.52. The number of allylic oxidation sites excluding steroid dienone is 2. The Morgan fingerprint density at radius 2 is 1.65 bits per heavy atom. The third kappa shape index (κ3) is 2.70. The third-order valence-corrected chi connectivity index (χ3v) is 6.54. The quantitative estimate of drug-likeness (QED) is 0.847. The van der Waals surface area contributed by atoms with Gasteiger partial charge in [-0.25, -0.2) is 0 Å². The molecule has 3 aliphatic rings. The van der Waals surface area contributed by atoms with Crippen LogP contribution < -0.4 is 4.90 Å². The van der Waals surface area contributed by atoms with E-state index in [1.807, 2.05) is 11.0 Å². The van der Waals surface area contributed by atoms with Crippen molar-refractivity contribution in [3.05, 3.63) is 41.5 Å². The normalized spacial score (nSPS) is 30.1. The van der Waals surface area contributed by atoms with Gasteiger partial charge in [-0.05, 0) is 49.3 Å². The molecule has 1 N–H and O–H groups in total. The molecule has 0 aromatic heterocycles. The van der Waals surface area contributed by atoms with Crippen LogP contribution in [0.4, 0.5) is 5.69 Å². The molecule has 1 aromatic carbocycles. The van der Waals surface area contributed by atoms with Gasteiger partial charge < -0.3 is 14.9 Å². The maximum absolute atomic E-state index is 13.1. The summed E-state index contributed by atoms with van der Waals surface area (Å²) in [5.74, 6) is -1.58. The van der Waals surface area contributed by atoms with Gasteiger partial charge in [0.1, 0.15) is 0 Å². The Balaban J connectivity index is 1.45. The van der Waals surface area contributed by atoms with Crippen molar-refractivity contribution in [3.8, 4) is 0 Å². The van der Waals surface area contributed by atoms with Crippen LogP contribution in [0.25, 0.3) is 0 Å². The summed E-state index contributed by atoms with van der Waals surface area (Å²) in [5.41, 5.74) is 3.80. The molecule has 1 saturated heterocycles. The Morgan fingerprint density at radius 3 is 2.31 bits per heavy atom. The molecule has 26 heavy (non-hydrogen) atoms. The summed E-state index contributed by atoms with van der Waals surface area (Å²) >= 11 is 0. The minimum absolute atomic E-state index is 0.0303. The molecule has 1 heterocycles. The van der Waals surface area contributed by atoms with Crippen molar-refractivity contribution in [2.24, 2.45) is 23.7 Å². The van der Waals surface area contributed by atoms with Crippen molar-refractivity contribution in [3.63, 3.8) is 0 Å². The number of hydrogen-bond donors (Lipinski definition) is 1. The maximum atomic E-state index is 13.1. The molecule has 2 bridgehead atoms. The summed E-state index contributed by atoms with van der Waals surface area (Å²) < 4.78 is 0. The van der Waals surface area contributed by atoms with Gasteiger partial charge in [-0.15, -0.1) is 0 Å². The minimum atomic E-state index is -0.825. The molecule has 1 aromatic rings. The van der Waals surface area contributed by atoms with E-state index in [9.17, 15) is 14.7 Å². The Bertz CT molecular complexity index is 765. The first-order chi connectivity index (χ1) is 12.5. The standard InChI is InChI=1S/C21H26N2O3/c1-13-4-3-5-17(14(13)2)22-8-10-23(11-9-22)20(24)18-15-6-7-16(12-15)19(18)21(25)26/h3-7,15-16,18-19H,8-12H2,1-2H3,(H,25,26)/t15-,16-,18-,19+/m0/s1. The Kier molecular flexibility index (Phi) is 4.25. The fourth-order valence-electron chi connectivity index (χ4n) is 4.95. The highest BCUT2D eigenvalue weighted by atomic mass is 16.4. The number of piperazine rings is 1. The molecular weight excluding hydrogens is 328 g/mol. The molecule has 1 amide bonds. The minimum Gasteiger partial charge on any atom is -0.481 e. The predicted octanol–water partition coefficient (Wildman–Crippen LogP) is 2.47. The molecule has 4 atom stereocenters. The van der Waals surface area contributed by atoms with Gasteiger partial charge >= 0.3 is 5.97 Å². The van der Waals surface area contributed by atoms with Crippen LogP contribution in [0, 0.1) is 37.5 Å². The highest BCUT2D eigenvalue weighted by molar-refractivity contribution is 5.87. The van der Waals surface area contributed by atoms with Gasteiger partial charge in [0.25, 0.3) is 0 Å². The predicted molar refractivity (Wildman–Crippen MR) is 100 cm³/mol. The van der Waals surface area contributed by atoms with Gasteiger partial charge in [-0.3, -0.25) is 9.59 Å². The Morgan fingerprint density at radius 1 is 1.00 bits per heavy atom. The van der Waals surface area contributed by atoms with E-state index in [-0.39, 0.29) is 23.7 Å². The molecule has 0 unspecified atom stereocenters. The van der Waals surface area contributed by atoms with Crippen molar-refractivity contribution < 1.29 is 14.7 Å². The zero-order chi connectivity index (χ0) is 18.4. The summed E-state index contributed by atoms with van der Waals surface area (Å²) in [6.07, 6.45) is 4.86. The second kappa shape index (κ2) is 6.45. The van der Waals surface area contributed by atoms with Gasteiger partial charge in [0, 0.05) is 31.9 Å². The topological polar surface area (TPSA) is 60.9 Å². The summed E-state index contributed by atoms with van der Waals surface area (Å²) in [5, 5.41) is 9.59. The lowest BCUT2D eigenvalue weighted by Gasteiger charge is -2.39. The van der Waals surface area contributed by atoms with Crippen LogP contribution in [0.1, 0.15) is 17.5 Å². The van der Waals surface area contributed by atoms with E-state index in [4.69, 9.17) is 0 Å². The number of carboxylic acids is 1. The number of carbonyl (C=O) groups is 2. The summed E-state index contributed by atoms with van der Waals surface area (Å²) in [4.78, 5) is 29.0. The zero-order valence-electron chi connectivity index (χ0n) is 15.4. The van der Waals surface area contributed by atoms with Crippen LogP contribution in [-0.4, -0.2) is 48.1 Å². The van der Waals surface area contributed by atoms with Crippen molar-refractivity contribution in [1.29, 1.82) is 0 Å². The number of amides is 1. The molecule has 0 radical (unpaired) electrons. The zero-order valence-corrected chi connectivity index (χ0v) is 15.4. The van der Waals surface area contributed by atoms with Crippen LogP contribution in [0.2, 0.25) is 0 Å². The molecule has 5 nitrogen and oxygen atoms in total. The summed E-state index contributed by atoms with van der Waals surface area (Å²) in [6.45, 7) is 7.18. The van der Waals surface area contributed by atoms with E-state index in [0.717, 1.165) is 19.5 Å². The number of aryl methyl sites for hydroxylation is 1. The van der Waals surface area contributed by atoms with E-state index in [1.54, 1.807) is 0 Å². The van der Waals surface area contributed by atoms with E-state index < -0.39 is 11.9 Å². The fraction of sp³-hybridized carbons (Fsp3) is 0.524. The number of hydrogen-bond acceptors (Lipinski definition) is 3. The molecule has 5 heteroatoms. The van der Waals surface area contributed by atoms with Gasteiger partial charge in [-0.2, -0.15) is 0 Å². The smallest absolute Gasteiger partial charge is 0.307 e. The fourth-order valence-corrected chi connectivity index (χ4v) is 4.95. The molecule has 4 rings (SSSR count). The van der Waals surface area contributed by atoms with Crippen molar-refractivity contribution in [2.45, 2.75) is 20.3 Å². The molecule has 1 saturated carbocycles. The van der Waals surface area contributed by atoms with E-state index in [2.05, 4.69) is 43.0 Å². The number of benzene rings is 1. The number of anilines is 1. The lowest BCUT2D eigenvalue weighted by molar-refractivity contribution is -0.151. The first kappa shape index (κ1) is 17.1. The summed E-state index contributed by atoms with van der Waals surface area (Å²) in [7, 11) is 0. The summed E-state index contributed by atoms with van der Waals surface area (Å²) in [6, 6.07) is 6.34. The van der Waals surface area contributed by atoms with Crippen LogP contribution in [0.3, 0.4) is 0 Å². The molecular formula is C21H26N2O3. The molecule has 0 spiro atoms. The van der Waals surface area contributed by atoms with E-state index >= 15 is 0 Å². The van der Waals surface area contributed by atoms with E-state index in [0.29, 0.717) is 13.1 Å². The number of carboxylic acid groups (broad SMARTS) is 1. The van der Waals surface area contributed by atoms with Gasteiger partial charge in [-0.1, -0.05) is 24.3 Å². The number of rotatable bonds is 3. The van der Waals surface area contributed by atoms with Crippen LogP contribution in [0.5, 0.6) is 0 Å². The molecule has 138 valence electrons. The molecule has 2 aliphatic carbocycles. The van der Waals surface area contributed by atoms with Crippen molar-refractivity contribution in [2.75, 3.05) is 31.1 Å². The number of nitrogens with zero attached hydrogens (tertiary/aromatic N) is 2. The first-order valence-electron chi connectivity index (χ1n) is 9.48. The van der Waals surface area contributed by atoms with Crippen LogP contribution in [-0.2, 0) is 9.59 Å². The second-order valence-electron chi connectivity index (χ2n) is 7.87. The van der Waals surface area contributed by atoms with Gasteiger partial charge in [0.15, 0.2) is 0 Å². The van der Waals surface area contributed by atoms with Crippen molar-refractivity contribution in [1.82, 2.24) is 4.90 Å². The molecule has 1 aliphatic heterocycles. The molecule has 2 fully saturated rings. The monoisotopic (exact) mass is 354 g/mol. The number of carbonyl (C=O) groups excluding carboxylic acids is 1. The average Bonchev–Trinajstić information content (AvgIpc) is 3.25. The van der Waals surface area contributed by atoms with E-state index in [1.165, 1.54) is 16.8 Å². The largest absolute Gasteiger partial charge is 0.481 e. The maximum Gasteiger partial charge on any atom is 0.307 e. The SMILES string of the molecule is Cc1cccc(N2CCN(C(=O)[C@@H]3[C@H](C(=O)O)[C@H]4C=C[C@H]3C4)CC2)c1C. The highest BCUT2D eigenvalue weighted by Gasteiger charge is 2.52. The Hall–Kier alpha value is -2.30. The highest BCUT2D eigenvalue weighted by Crippen LogP contribution is 2.48. The Labute approximate surface area is 154 Å². The van der Waals surface area contributed by atoms with Crippen molar-refractivity contribution >= 4 is 17.6 Å². The van der Waals surface area contributed by atoms with Crippen LogP contribution >= 0.6 is 0 Å².